The van der Waals surface area contributed by atoms with E-state index in [1.54, 1.807) is 17.2 Å². The highest BCUT2D eigenvalue weighted by atomic mass is 19.1. The molecule has 0 aliphatic carbocycles. The number of hydrogen-bond acceptors (Lipinski definition) is 6. The van der Waals surface area contributed by atoms with Crippen LogP contribution in [0.25, 0.3) is 22.0 Å². The summed E-state index contributed by atoms with van der Waals surface area (Å²) < 4.78 is 30.0. The summed E-state index contributed by atoms with van der Waals surface area (Å²) in [5.74, 6) is -1.36. The van der Waals surface area contributed by atoms with E-state index in [9.17, 15) is 13.6 Å². The van der Waals surface area contributed by atoms with Gasteiger partial charge in [-0.3, -0.25) is 4.79 Å². The lowest BCUT2D eigenvalue weighted by atomic mass is 10.0. The molecule has 2 N–H and O–H groups in total. The minimum atomic E-state index is -0.632. The zero-order valence-corrected chi connectivity index (χ0v) is 20.3. The highest BCUT2D eigenvalue weighted by molar-refractivity contribution is 6.00. The van der Waals surface area contributed by atoms with Crippen molar-refractivity contribution >= 4 is 39.8 Å². The van der Waals surface area contributed by atoms with Crippen LogP contribution in [0, 0.1) is 11.6 Å². The summed E-state index contributed by atoms with van der Waals surface area (Å²) >= 11 is 0. The predicted octanol–water partition coefficient (Wildman–Crippen LogP) is 5.19. The van der Waals surface area contributed by atoms with Crippen LogP contribution < -0.4 is 15.5 Å². The Balaban J connectivity index is 1.44. The molecule has 1 amide bonds. The number of rotatable bonds is 6. The topological polar surface area (TPSA) is 73.4 Å². The molecule has 1 aliphatic rings. The molecule has 3 aromatic carbocycles. The van der Waals surface area contributed by atoms with Gasteiger partial charge in [0.2, 0.25) is 11.9 Å². The lowest BCUT2D eigenvalue weighted by molar-refractivity contribution is -0.111. The minimum absolute atomic E-state index is 0.0104. The van der Waals surface area contributed by atoms with Crippen LogP contribution in [0.3, 0.4) is 0 Å². The van der Waals surface area contributed by atoms with Crippen molar-refractivity contribution in [3.05, 3.63) is 85.1 Å². The first-order chi connectivity index (χ1) is 17.9. The third-order valence-corrected chi connectivity index (χ3v) is 6.33. The van der Waals surface area contributed by atoms with E-state index in [0.29, 0.717) is 24.3 Å². The number of benzene rings is 3. The van der Waals surface area contributed by atoms with Gasteiger partial charge in [-0.1, -0.05) is 36.9 Å². The molecule has 1 aromatic heterocycles. The highest BCUT2D eigenvalue weighted by Crippen LogP contribution is 2.31. The van der Waals surface area contributed by atoms with Crippen LogP contribution in [0.15, 0.2) is 73.4 Å². The molecule has 0 atom stereocenters. The molecule has 9 heteroatoms. The summed E-state index contributed by atoms with van der Waals surface area (Å²) in [5.41, 5.74) is 3.15. The van der Waals surface area contributed by atoms with Crippen LogP contribution in [0.2, 0.25) is 0 Å². The van der Waals surface area contributed by atoms with Gasteiger partial charge >= 0.3 is 0 Å². The summed E-state index contributed by atoms with van der Waals surface area (Å²) in [5, 5.41) is 6.50. The van der Waals surface area contributed by atoms with Gasteiger partial charge in [0.15, 0.2) is 11.6 Å². The summed E-state index contributed by atoms with van der Waals surface area (Å²) in [6, 6.07) is 15.6. The molecule has 4 aromatic rings. The number of anilines is 4. The molecule has 37 heavy (non-hydrogen) atoms. The van der Waals surface area contributed by atoms with Gasteiger partial charge < -0.3 is 20.4 Å². The molecule has 1 aliphatic heterocycles. The van der Waals surface area contributed by atoms with Gasteiger partial charge in [0.05, 0.1) is 5.52 Å². The van der Waals surface area contributed by atoms with Crippen molar-refractivity contribution in [2.24, 2.45) is 0 Å². The van der Waals surface area contributed by atoms with Crippen LogP contribution >= 0.6 is 0 Å². The number of halogens is 2. The number of likely N-dealkylation sites (N-methyl/N-ethyl adjacent to an activating group) is 1. The number of piperazine rings is 1. The summed E-state index contributed by atoms with van der Waals surface area (Å²) in [7, 11) is 1.99. The van der Waals surface area contributed by atoms with Crippen LogP contribution in [0.4, 0.5) is 31.8 Å². The number of fused-ring (bicyclic) bond motifs is 1. The maximum absolute atomic E-state index is 15.0. The number of carbonyl (C=O) groups excluding carboxylic acids is 1. The van der Waals surface area contributed by atoms with Gasteiger partial charge in [-0.2, -0.15) is 0 Å². The molecule has 0 saturated carbocycles. The molecule has 1 fully saturated rings. The standard InChI is InChI=1S/C28H26F2N6O/c1-3-25(37)32-20-8-4-6-18(14-20)22-9-5-7-19-17-31-28(34-26(19)22)33-21-15-23(29)27(24(30)16-21)36-12-10-35(2)11-13-36/h3-9,14-17H,1,10-13H2,2H3,(H,32,37)(H,31,33,34). The number of carbonyl (C=O) groups is 1. The lowest BCUT2D eigenvalue weighted by Crippen LogP contribution is -2.45. The fourth-order valence-electron chi connectivity index (χ4n) is 4.41. The average Bonchev–Trinajstić information content (AvgIpc) is 2.89. The molecule has 0 spiro atoms. The Morgan fingerprint density at radius 1 is 1.00 bits per heavy atom. The average molecular weight is 501 g/mol. The van der Waals surface area contributed by atoms with Crippen LogP contribution in [-0.4, -0.2) is 54.0 Å². The molecule has 0 bridgehead atoms. The summed E-state index contributed by atoms with van der Waals surface area (Å²) in [6.07, 6.45) is 2.86. The van der Waals surface area contributed by atoms with E-state index in [2.05, 4.69) is 32.1 Å². The maximum atomic E-state index is 15.0. The molecule has 0 unspecified atom stereocenters. The van der Waals surface area contributed by atoms with Crippen molar-refractivity contribution in [2.45, 2.75) is 0 Å². The molecule has 7 nitrogen and oxygen atoms in total. The minimum Gasteiger partial charge on any atom is -0.364 e. The predicted molar refractivity (Wildman–Crippen MR) is 143 cm³/mol. The first-order valence-corrected chi connectivity index (χ1v) is 11.9. The highest BCUT2D eigenvalue weighted by Gasteiger charge is 2.22. The van der Waals surface area contributed by atoms with E-state index >= 15 is 0 Å². The maximum Gasteiger partial charge on any atom is 0.247 e. The summed E-state index contributed by atoms with van der Waals surface area (Å²) in [4.78, 5) is 24.6. The van der Waals surface area contributed by atoms with E-state index in [-0.39, 0.29) is 23.2 Å². The second kappa shape index (κ2) is 10.3. The number of hydrogen-bond donors (Lipinski definition) is 2. The fraction of sp³-hybridized carbons (Fsp3) is 0.179. The van der Waals surface area contributed by atoms with Crippen molar-refractivity contribution in [1.82, 2.24) is 14.9 Å². The molecule has 1 saturated heterocycles. The van der Waals surface area contributed by atoms with E-state index in [0.717, 1.165) is 29.6 Å². The Morgan fingerprint density at radius 2 is 1.73 bits per heavy atom. The largest absolute Gasteiger partial charge is 0.364 e. The summed E-state index contributed by atoms with van der Waals surface area (Å²) in [6.45, 7) is 6.09. The van der Waals surface area contributed by atoms with Gasteiger partial charge in [0.1, 0.15) is 5.69 Å². The number of nitrogens with zero attached hydrogens (tertiary/aromatic N) is 4. The monoisotopic (exact) mass is 500 g/mol. The molecular weight excluding hydrogens is 474 g/mol. The molecular formula is C28H26F2N6O. The lowest BCUT2D eigenvalue weighted by Gasteiger charge is -2.34. The van der Waals surface area contributed by atoms with Gasteiger partial charge in [0.25, 0.3) is 0 Å². The van der Waals surface area contributed by atoms with Crippen molar-refractivity contribution in [1.29, 1.82) is 0 Å². The first kappa shape index (κ1) is 24.3. The second-order valence-corrected chi connectivity index (χ2v) is 8.92. The zero-order chi connectivity index (χ0) is 25.9. The first-order valence-electron chi connectivity index (χ1n) is 11.9. The third kappa shape index (κ3) is 5.26. The van der Waals surface area contributed by atoms with Crippen LogP contribution in [0.1, 0.15) is 0 Å². The van der Waals surface area contributed by atoms with E-state index in [1.165, 1.54) is 18.2 Å². The van der Waals surface area contributed by atoms with Crippen LogP contribution in [0.5, 0.6) is 0 Å². The number of nitrogens with one attached hydrogen (secondary N) is 2. The van der Waals surface area contributed by atoms with Crippen molar-refractivity contribution in [3.8, 4) is 11.1 Å². The van der Waals surface area contributed by atoms with Crippen molar-refractivity contribution in [3.63, 3.8) is 0 Å². The zero-order valence-electron chi connectivity index (χ0n) is 20.3. The Bertz CT molecular complexity index is 1460. The van der Waals surface area contributed by atoms with Gasteiger partial charge in [0, 0.05) is 54.7 Å². The molecule has 0 radical (unpaired) electrons. The van der Waals surface area contributed by atoms with Crippen molar-refractivity contribution < 1.29 is 13.6 Å². The Kier molecular flexibility index (Phi) is 6.78. The van der Waals surface area contributed by atoms with Gasteiger partial charge in [-0.05, 0) is 43.0 Å². The van der Waals surface area contributed by atoms with E-state index in [1.807, 2.05) is 43.4 Å². The quantitative estimate of drug-likeness (QED) is 0.355. The smallest absolute Gasteiger partial charge is 0.247 e. The Morgan fingerprint density at radius 3 is 2.46 bits per heavy atom. The van der Waals surface area contributed by atoms with E-state index < -0.39 is 11.6 Å². The Hall–Kier alpha value is -4.37. The third-order valence-electron chi connectivity index (χ3n) is 6.33. The number of amides is 1. The molecule has 5 rings (SSSR count). The molecule has 188 valence electrons. The second-order valence-electron chi connectivity index (χ2n) is 8.92. The normalized spacial score (nSPS) is 14.0. The number of aromatic nitrogens is 2. The van der Waals surface area contributed by atoms with Crippen molar-refractivity contribution in [2.75, 3.05) is 48.8 Å². The fourth-order valence-corrected chi connectivity index (χ4v) is 4.41. The van der Waals surface area contributed by atoms with Gasteiger partial charge in [-0.15, -0.1) is 0 Å². The van der Waals surface area contributed by atoms with Crippen LogP contribution in [-0.2, 0) is 4.79 Å². The van der Waals surface area contributed by atoms with Gasteiger partial charge in [-0.25, -0.2) is 18.7 Å². The van der Waals surface area contributed by atoms with E-state index in [4.69, 9.17) is 0 Å². The Labute approximate surface area is 213 Å². The molecule has 2 heterocycles. The number of para-hydroxylation sites is 1. The SMILES string of the molecule is C=CC(=O)Nc1cccc(-c2cccc3cnc(Nc4cc(F)c(N5CCN(C)CC5)c(F)c4)nc23)c1.